The Kier molecular flexibility index (Phi) is 6.82. The minimum absolute atomic E-state index is 0.0294. The molecule has 1 aliphatic rings. The first-order valence-corrected chi connectivity index (χ1v) is 11.8. The molecule has 0 aliphatic carbocycles. The topological polar surface area (TPSA) is 70.2 Å². The van der Waals surface area contributed by atoms with Gasteiger partial charge in [-0.05, 0) is 80.8 Å². The fraction of sp³-hybridized carbons (Fsp3) is 0.375. The second-order valence-corrected chi connectivity index (χ2v) is 9.02. The zero-order valence-corrected chi connectivity index (χ0v) is 19.0. The second kappa shape index (κ2) is 9.92. The van der Waals surface area contributed by atoms with Crippen LogP contribution in [0.3, 0.4) is 0 Å². The summed E-state index contributed by atoms with van der Waals surface area (Å²) in [5.41, 5.74) is 3.89. The van der Waals surface area contributed by atoms with Gasteiger partial charge in [0.25, 0.3) is 0 Å². The van der Waals surface area contributed by atoms with Crippen molar-refractivity contribution in [3.63, 3.8) is 0 Å². The van der Waals surface area contributed by atoms with Crippen molar-refractivity contribution in [3.05, 3.63) is 57.9 Å². The van der Waals surface area contributed by atoms with E-state index in [4.69, 9.17) is 4.98 Å². The molecule has 0 spiro atoms. The number of amides is 1. The van der Waals surface area contributed by atoms with Gasteiger partial charge in [-0.2, -0.15) is 4.98 Å². The van der Waals surface area contributed by atoms with Crippen molar-refractivity contribution >= 4 is 40.4 Å². The van der Waals surface area contributed by atoms with Crippen LogP contribution in [-0.2, 0) is 11.2 Å². The van der Waals surface area contributed by atoms with Gasteiger partial charge < -0.3 is 15.5 Å². The zero-order valence-electron chi connectivity index (χ0n) is 18.1. The highest BCUT2D eigenvalue weighted by molar-refractivity contribution is 7.10. The van der Waals surface area contributed by atoms with E-state index in [0.717, 1.165) is 42.4 Å². The molecule has 162 valence electrons. The lowest BCUT2D eigenvalue weighted by Gasteiger charge is -2.28. The highest BCUT2D eigenvalue weighted by Crippen LogP contribution is 2.23. The standard InChI is InChI=1S/C24H29N5OS/c1-17-12-15-31-21(17)10-11-23(30)26-19-6-8-20(9-7-19)27-24-25-18(2)16-22(28-24)29-13-4-3-5-14-29/h6-9,12,15-16H,3-5,10-11,13-14H2,1-2H3,(H,26,30)(H,25,27,28). The molecule has 0 unspecified atom stereocenters. The molecule has 0 saturated carbocycles. The van der Waals surface area contributed by atoms with E-state index in [0.29, 0.717) is 12.4 Å². The Morgan fingerprint density at radius 3 is 2.48 bits per heavy atom. The van der Waals surface area contributed by atoms with Crippen molar-refractivity contribution in [3.8, 4) is 0 Å². The molecule has 1 amide bonds. The van der Waals surface area contributed by atoms with Gasteiger partial charge in [-0.15, -0.1) is 11.3 Å². The summed E-state index contributed by atoms with van der Waals surface area (Å²) >= 11 is 1.71. The van der Waals surface area contributed by atoms with Crippen LogP contribution < -0.4 is 15.5 Å². The Morgan fingerprint density at radius 1 is 1.03 bits per heavy atom. The van der Waals surface area contributed by atoms with Gasteiger partial charge >= 0.3 is 0 Å². The smallest absolute Gasteiger partial charge is 0.229 e. The molecular formula is C24H29N5OS. The van der Waals surface area contributed by atoms with Crippen LogP contribution in [0.5, 0.6) is 0 Å². The predicted molar refractivity (Wildman–Crippen MR) is 129 cm³/mol. The first-order chi connectivity index (χ1) is 15.1. The van der Waals surface area contributed by atoms with E-state index in [1.165, 1.54) is 29.7 Å². The Labute approximate surface area is 187 Å². The van der Waals surface area contributed by atoms with Crippen LogP contribution in [0.25, 0.3) is 0 Å². The SMILES string of the molecule is Cc1cc(N2CCCCC2)nc(Nc2ccc(NC(=O)CCc3sccc3C)cc2)n1. The van der Waals surface area contributed by atoms with Crippen molar-refractivity contribution in [1.82, 2.24) is 9.97 Å². The van der Waals surface area contributed by atoms with Crippen molar-refractivity contribution in [2.45, 2.75) is 46.0 Å². The van der Waals surface area contributed by atoms with Crippen molar-refractivity contribution in [2.24, 2.45) is 0 Å². The fourth-order valence-electron chi connectivity index (χ4n) is 3.77. The van der Waals surface area contributed by atoms with Gasteiger partial charge in [0.1, 0.15) is 5.82 Å². The number of aromatic nitrogens is 2. The third-order valence-electron chi connectivity index (χ3n) is 5.49. The first kappa shape index (κ1) is 21.3. The number of hydrogen-bond donors (Lipinski definition) is 2. The van der Waals surface area contributed by atoms with Crippen LogP contribution in [0.1, 0.15) is 41.8 Å². The highest BCUT2D eigenvalue weighted by Gasteiger charge is 2.14. The molecule has 1 fully saturated rings. The first-order valence-electron chi connectivity index (χ1n) is 10.9. The number of carbonyl (C=O) groups excluding carboxylic acids is 1. The van der Waals surface area contributed by atoms with Crippen molar-refractivity contribution in [2.75, 3.05) is 28.6 Å². The lowest BCUT2D eigenvalue weighted by Crippen LogP contribution is -2.30. The number of thiophene rings is 1. The summed E-state index contributed by atoms with van der Waals surface area (Å²) in [6.45, 7) is 6.19. The van der Waals surface area contributed by atoms with Crippen LogP contribution >= 0.6 is 11.3 Å². The number of rotatable bonds is 7. The summed E-state index contributed by atoms with van der Waals surface area (Å²) in [4.78, 5) is 25.1. The van der Waals surface area contributed by atoms with Crippen LogP contribution in [-0.4, -0.2) is 29.0 Å². The van der Waals surface area contributed by atoms with Gasteiger partial charge in [0.05, 0.1) is 0 Å². The maximum Gasteiger partial charge on any atom is 0.229 e. The van der Waals surface area contributed by atoms with Crippen LogP contribution in [0.15, 0.2) is 41.8 Å². The van der Waals surface area contributed by atoms with Crippen LogP contribution in [0, 0.1) is 13.8 Å². The largest absolute Gasteiger partial charge is 0.356 e. The van der Waals surface area contributed by atoms with E-state index < -0.39 is 0 Å². The summed E-state index contributed by atoms with van der Waals surface area (Å²) in [5, 5.41) is 8.34. The average molecular weight is 436 g/mol. The molecule has 4 rings (SSSR count). The van der Waals surface area contributed by atoms with E-state index in [-0.39, 0.29) is 5.91 Å². The number of benzene rings is 1. The molecular weight excluding hydrogens is 406 g/mol. The molecule has 3 aromatic rings. The minimum atomic E-state index is 0.0294. The van der Waals surface area contributed by atoms with Gasteiger partial charge in [-0.3, -0.25) is 4.79 Å². The van der Waals surface area contributed by atoms with E-state index in [9.17, 15) is 4.79 Å². The van der Waals surface area contributed by atoms with Crippen LogP contribution in [0.2, 0.25) is 0 Å². The summed E-state index contributed by atoms with van der Waals surface area (Å²) < 4.78 is 0. The molecule has 7 heteroatoms. The van der Waals surface area contributed by atoms with Crippen molar-refractivity contribution < 1.29 is 4.79 Å². The van der Waals surface area contributed by atoms with E-state index in [2.05, 4.69) is 38.9 Å². The van der Waals surface area contributed by atoms with Gasteiger partial charge in [0.15, 0.2) is 0 Å². The monoisotopic (exact) mass is 435 g/mol. The number of carbonyl (C=O) groups is 1. The Morgan fingerprint density at radius 2 is 1.77 bits per heavy atom. The Hall–Kier alpha value is -2.93. The van der Waals surface area contributed by atoms with Gasteiger partial charge in [0.2, 0.25) is 11.9 Å². The number of anilines is 4. The minimum Gasteiger partial charge on any atom is -0.356 e. The molecule has 1 saturated heterocycles. The molecule has 6 nitrogen and oxygen atoms in total. The van der Waals surface area contributed by atoms with Gasteiger partial charge in [-0.25, -0.2) is 4.98 Å². The van der Waals surface area contributed by atoms with Gasteiger partial charge in [0, 0.05) is 47.5 Å². The molecule has 1 aromatic carbocycles. The van der Waals surface area contributed by atoms with Crippen molar-refractivity contribution in [1.29, 1.82) is 0 Å². The highest BCUT2D eigenvalue weighted by atomic mass is 32.1. The number of nitrogens with zero attached hydrogens (tertiary/aromatic N) is 3. The quantitative estimate of drug-likeness (QED) is 0.516. The molecule has 2 aromatic heterocycles. The predicted octanol–water partition coefficient (Wildman–Crippen LogP) is 5.46. The molecule has 2 N–H and O–H groups in total. The number of nitrogens with one attached hydrogen (secondary N) is 2. The Bertz CT molecular complexity index is 1020. The molecule has 3 heterocycles. The summed E-state index contributed by atoms with van der Waals surface area (Å²) in [5.74, 6) is 1.62. The molecule has 1 aliphatic heterocycles. The lowest BCUT2D eigenvalue weighted by atomic mass is 10.1. The van der Waals surface area contributed by atoms with E-state index >= 15 is 0 Å². The third kappa shape index (κ3) is 5.82. The molecule has 31 heavy (non-hydrogen) atoms. The normalized spacial score (nSPS) is 13.8. The molecule has 0 atom stereocenters. The number of piperidine rings is 1. The van der Waals surface area contributed by atoms with Crippen LogP contribution in [0.4, 0.5) is 23.1 Å². The number of hydrogen-bond acceptors (Lipinski definition) is 6. The fourth-order valence-corrected chi connectivity index (χ4v) is 4.68. The zero-order chi connectivity index (χ0) is 21.6. The molecule has 0 radical (unpaired) electrons. The van der Waals surface area contributed by atoms with E-state index in [1.54, 1.807) is 11.3 Å². The summed E-state index contributed by atoms with van der Waals surface area (Å²) in [6.07, 6.45) is 4.98. The van der Waals surface area contributed by atoms with Gasteiger partial charge in [-0.1, -0.05) is 0 Å². The summed E-state index contributed by atoms with van der Waals surface area (Å²) in [7, 11) is 0. The lowest BCUT2D eigenvalue weighted by molar-refractivity contribution is -0.116. The number of aryl methyl sites for hydroxylation is 3. The molecule has 0 bridgehead atoms. The maximum absolute atomic E-state index is 12.3. The summed E-state index contributed by atoms with van der Waals surface area (Å²) in [6, 6.07) is 11.8. The average Bonchev–Trinajstić information content (AvgIpc) is 3.19. The second-order valence-electron chi connectivity index (χ2n) is 8.02. The maximum atomic E-state index is 12.3. The third-order valence-corrected chi connectivity index (χ3v) is 6.58. The van der Waals surface area contributed by atoms with E-state index in [1.807, 2.05) is 37.3 Å². The Balaban J connectivity index is 1.34.